The Balaban J connectivity index is 2.00. The van der Waals surface area contributed by atoms with Crippen LogP contribution >= 0.6 is 0 Å². The van der Waals surface area contributed by atoms with Gasteiger partial charge in [-0.05, 0) is 38.5 Å². The van der Waals surface area contributed by atoms with Gasteiger partial charge in [-0.1, -0.05) is 12.1 Å². The second kappa shape index (κ2) is 6.89. The van der Waals surface area contributed by atoms with Crippen molar-refractivity contribution in [2.45, 2.75) is 20.8 Å². The maximum absolute atomic E-state index is 12.0. The van der Waals surface area contributed by atoms with Crippen molar-refractivity contribution in [1.29, 1.82) is 0 Å². The standard InChI is InChI=1S/C16H19N3O3/c1-10-6-5-7-13(8-10)22-9-14(20)19-15-11(2)17-16(21-4)18-12(15)3/h5-8H,9H2,1-4H3,(H,19,20). The fourth-order valence-corrected chi connectivity index (χ4v) is 1.99. The first kappa shape index (κ1) is 15.8. The summed E-state index contributed by atoms with van der Waals surface area (Å²) in [7, 11) is 1.50. The van der Waals surface area contributed by atoms with Crippen LogP contribution in [0.4, 0.5) is 5.69 Å². The van der Waals surface area contributed by atoms with E-state index in [-0.39, 0.29) is 18.5 Å². The topological polar surface area (TPSA) is 73.3 Å². The molecule has 0 unspecified atom stereocenters. The Morgan fingerprint density at radius 3 is 2.45 bits per heavy atom. The summed E-state index contributed by atoms with van der Waals surface area (Å²) in [6.45, 7) is 5.46. The molecule has 0 aliphatic carbocycles. The number of nitrogens with zero attached hydrogens (tertiary/aromatic N) is 2. The molecule has 1 amide bonds. The number of aryl methyl sites for hydroxylation is 3. The molecule has 0 aliphatic rings. The second-order valence-electron chi connectivity index (χ2n) is 4.91. The minimum atomic E-state index is -0.263. The van der Waals surface area contributed by atoms with E-state index in [1.165, 1.54) is 7.11 Å². The zero-order chi connectivity index (χ0) is 16.1. The van der Waals surface area contributed by atoms with E-state index >= 15 is 0 Å². The molecule has 0 spiro atoms. The van der Waals surface area contributed by atoms with E-state index in [9.17, 15) is 4.79 Å². The molecule has 2 rings (SSSR count). The third kappa shape index (κ3) is 3.94. The van der Waals surface area contributed by atoms with Crippen LogP contribution in [0.3, 0.4) is 0 Å². The van der Waals surface area contributed by atoms with E-state index in [1.54, 1.807) is 13.8 Å². The molecule has 0 atom stereocenters. The van der Waals surface area contributed by atoms with E-state index in [0.29, 0.717) is 22.8 Å². The molecule has 0 fully saturated rings. The minimum absolute atomic E-state index is 0.0750. The molecule has 0 saturated carbocycles. The van der Waals surface area contributed by atoms with Gasteiger partial charge in [0.2, 0.25) is 0 Å². The van der Waals surface area contributed by atoms with Gasteiger partial charge in [0.1, 0.15) is 5.75 Å². The zero-order valence-electron chi connectivity index (χ0n) is 13.1. The SMILES string of the molecule is COc1nc(C)c(NC(=O)COc2cccc(C)c2)c(C)n1. The lowest BCUT2D eigenvalue weighted by Gasteiger charge is -2.12. The second-order valence-corrected chi connectivity index (χ2v) is 4.91. The van der Waals surface area contributed by atoms with Crippen LogP contribution in [-0.4, -0.2) is 29.6 Å². The summed E-state index contributed by atoms with van der Waals surface area (Å²) < 4.78 is 10.5. The van der Waals surface area contributed by atoms with Crippen molar-refractivity contribution in [2.75, 3.05) is 19.0 Å². The number of hydrogen-bond donors (Lipinski definition) is 1. The number of benzene rings is 1. The number of carbonyl (C=O) groups is 1. The molecule has 116 valence electrons. The molecular formula is C16H19N3O3. The fraction of sp³-hybridized carbons (Fsp3) is 0.312. The van der Waals surface area contributed by atoms with Crippen LogP contribution in [0.15, 0.2) is 24.3 Å². The van der Waals surface area contributed by atoms with Gasteiger partial charge in [0.15, 0.2) is 6.61 Å². The molecule has 0 radical (unpaired) electrons. The summed E-state index contributed by atoms with van der Waals surface area (Å²) in [6, 6.07) is 7.82. The molecule has 2 aromatic rings. The number of aromatic nitrogens is 2. The smallest absolute Gasteiger partial charge is 0.316 e. The van der Waals surface area contributed by atoms with Crippen LogP contribution < -0.4 is 14.8 Å². The number of carbonyl (C=O) groups excluding carboxylic acids is 1. The highest BCUT2D eigenvalue weighted by molar-refractivity contribution is 5.92. The largest absolute Gasteiger partial charge is 0.484 e. The number of ether oxygens (including phenoxy) is 2. The number of methoxy groups -OCH3 is 1. The van der Waals surface area contributed by atoms with Crippen LogP contribution in [0.2, 0.25) is 0 Å². The number of anilines is 1. The highest BCUT2D eigenvalue weighted by atomic mass is 16.5. The van der Waals surface area contributed by atoms with E-state index < -0.39 is 0 Å². The van der Waals surface area contributed by atoms with E-state index in [1.807, 2.05) is 31.2 Å². The Kier molecular flexibility index (Phi) is 4.93. The molecule has 0 bridgehead atoms. The molecule has 1 heterocycles. The molecular weight excluding hydrogens is 282 g/mol. The molecule has 6 heteroatoms. The molecule has 6 nitrogen and oxygen atoms in total. The van der Waals surface area contributed by atoms with Crippen LogP contribution in [-0.2, 0) is 4.79 Å². The van der Waals surface area contributed by atoms with Crippen molar-refractivity contribution >= 4 is 11.6 Å². The van der Waals surface area contributed by atoms with Crippen molar-refractivity contribution in [2.24, 2.45) is 0 Å². The predicted octanol–water partition coefficient (Wildman–Crippen LogP) is 2.43. The summed E-state index contributed by atoms with van der Waals surface area (Å²) in [5.74, 6) is 0.399. The maximum atomic E-state index is 12.0. The summed E-state index contributed by atoms with van der Waals surface area (Å²) in [5, 5.41) is 2.77. The van der Waals surface area contributed by atoms with Gasteiger partial charge in [-0.3, -0.25) is 4.79 Å². The first-order valence-electron chi connectivity index (χ1n) is 6.88. The average Bonchev–Trinajstić information content (AvgIpc) is 2.48. The van der Waals surface area contributed by atoms with E-state index in [4.69, 9.17) is 9.47 Å². The van der Waals surface area contributed by atoms with Gasteiger partial charge in [-0.15, -0.1) is 0 Å². The van der Waals surface area contributed by atoms with Crippen LogP contribution in [0.1, 0.15) is 17.0 Å². The molecule has 1 N–H and O–H groups in total. The number of hydrogen-bond acceptors (Lipinski definition) is 5. The van der Waals surface area contributed by atoms with Crippen molar-refractivity contribution < 1.29 is 14.3 Å². The van der Waals surface area contributed by atoms with Crippen molar-refractivity contribution in [1.82, 2.24) is 9.97 Å². The quantitative estimate of drug-likeness (QED) is 0.918. The van der Waals surface area contributed by atoms with E-state index in [0.717, 1.165) is 5.56 Å². The van der Waals surface area contributed by atoms with Gasteiger partial charge in [0.25, 0.3) is 5.91 Å². The summed E-state index contributed by atoms with van der Waals surface area (Å²) in [5.41, 5.74) is 2.95. The molecule has 1 aromatic heterocycles. The Hall–Kier alpha value is -2.63. The van der Waals surface area contributed by atoms with Gasteiger partial charge in [0.05, 0.1) is 24.2 Å². The van der Waals surface area contributed by atoms with E-state index in [2.05, 4.69) is 15.3 Å². The van der Waals surface area contributed by atoms with Gasteiger partial charge in [-0.2, -0.15) is 9.97 Å². The van der Waals surface area contributed by atoms with Gasteiger partial charge < -0.3 is 14.8 Å². The van der Waals surface area contributed by atoms with Gasteiger partial charge >= 0.3 is 6.01 Å². The van der Waals surface area contributed by atoms with Crippen molar-refractivity contribution in [3.05, 3.63) is 41.2 Å². The lowest BCUT2D eigenvalue weighted by molar-refractivity contribution is -0.118. The molecule has 0 aliphatic heterocycles. The molecule has 1 aromatic carbocycles. The Morgan fingerprint density at radius 2 is 1.86 bits per heavy atom. The average molecular weight is 301 g/mol. The normalized spacial score (nSPS) is 10.2. The van der Waals surface area contributed by atoms with Crippen LogP contribution in [0, 0.1) is 20.8 Å². The Labute approximate surface area is 129 Å². The molecule has 22 heavy (non-hydrogen) atoms. The number of amides is 1. The lowest BCUT2D eigenvalue weighted by Crippen LogP contribution is -2.22. The maximum Gasteiger partial charge on any atom is 0.316 e. The van der Waals surface area contributed by atoms with Gasteiger partial charge in [0, 0.05) is 0 Å². The first-order chi connectivity index (χ1) is 10.5. The minimum Gasteiger partial charge on any atom is -0.484 e. The Bertz CT molecular complexity index is 663. The van der Waals surface area contributed by atoms with Gasteiger partial charge in [-0.25, -0.2) is 0 Å². The Morgan fingerprint density at radius 1 is 1.18 bits per heavy atom. The highest BCUT2D eigenvalue weighted by Gasteiger charge is 2.12. The monoisotopic (exact) mass is 301 g/mol. The first-order valence-corrected chi connectivity index (χ1v) is 6.88. The van der Waals surface area contributed by atoms with Crippen LogP contribution in [0.5, 0.6) is 11.8 Å². The number of rotatable bonds is 5. The summed E-state index contributed by atoms with van der Waals surface area (Å²) in [4.78, 5) is 20.3. The van der Waals surface area contributed by atoms with Crippen LogP contribution in [0.25, 0.3) is 0 Å². The highest BCUT2D eigenvalue weighted by Crippen LogP contribution is 2.19. The lowest BCUT2D eigenvalue weighted by atomic mass is 10.2. The van der Waals surface area contributed by atoms with Crippen molar-refractivity contribution in [3.8, 4) is 11.8 Å². The molecule has 0 saturated heterocycles. The fourth-order valence-electron chi connectivity index (χ4n) is 1.99. The predicted molar refractivity (Wildman–Crippen MR) is 83.4 cm³/mol. The zero-order valence-corrected chi connectivity index (χ0v) is 13.1. The summed E-state index contributed by atoms with van der Waals surface area (Å²) in [6.07, 6.45) is 0. The summed E-state index contributed by atoms with van der Waals surface area (Å²) >= 11 is 0. The third-order valence-corrected chi connectivity index (χ3v) is 3.06. The third-order valence-electron chi connectivity index (χ3n) is 3.06. The van der Waals surface area contributed by atoms with Crippen molar-refractivity contribution in [3.63, 3.8) is 0 Å². The number of nitrogens with one attached hydrogen (secondary N) is 1.